The second kappa shape index (κ2) is 7.19. The molecule has 22 heavy (non-hydrogen) atoms. The van der Waals surface area contributed by atoms with Gasteiger partial charge in [-0.1, -0.05) is 6.07 Å². The number of halogens is 1. The van der Waals surface area contributed by atoms with E-state index in [4.69, 9.17) is 4.74 Å². The lowest BCUT2D eigenvalue weighted by atomic mass is 10.2. The monoisotopic (exact) mass is 345 g/mol. The van der Waals surface area contributed by atoms with Gasteiger partial charge in [-0.25, -0.2) is 17.5 Å². The van der Waals surface area contributed by atoms with Crippen molar-refractivity contribution in [3.8, 4) is 5.75 Å². The fourth-order valence-corrected chi connectivity index (χ4v) is 3.66. The summed E-state index contributed by atoms with van der Waals surface area (Å²) >= 11 is 1.40. The Morgan fingerprint density at radius 3 is 2.77 bits per heavy atom. The highest BCUT2D eigenvalue weighted by Crippen LogP contribution is 2.22. The Bertz CT molecular complexity index is 716. The van der Waals surface area contributed by atoms with E-state index in [-0.39, 0.29) is 23.6 Å². The van der Waals surface area contributed by atoms with Crippen LogP contribution in [-0.4, -0.2) is 27.2 Å². The molecule has 0 aliphatic rings. The molecule has 2 rings (SSSR count). The molecule has 2 aromatic rings. The van der Waals surface area contributed by atoms with Gasteiger partial charge in [0.1, 0.15) is 0 Å². The van der Waals surface area contributed by atoms with Crippen LogP contribution in [0, 0.1) is 5.82 Å². The zero-order valence-corrected chi connectivity index (χ0v) is 13.5. The quantitative estimate of drug-likeness (QED) is 0.807. The summed E-state index contributed by atoms with van der Waals surface area (Å²) in [7, 11) is -2.52. The number of aliphatic hydroxyl groups excluding tert-OH is 1. The van der Waals surface area contributed by atoms with Gasteiger partial charge in [-0.2, -0.15) is 0 Å². The summed E-state index contributed by atoms with van der Waals surface area (Å²) in [4.78, 5) is 0.589. The zero-order chi connectivity index (χ0) is 16.2. The van der Waals surface area contributed by atoms with E-state index in [9.17, 15) is 17.9 Å². The Morgan fingerprint density at radius 1 is 1.41 bits per heavy atom. The molecule has 1 atom stereocenters. The first-order chi connectivity index (χ1) is 10.4. The number of hydrogen-bond donors (Lipinski definition) is 2. The lowest BCUT2D eigenvalue weighted by Gasteiger charge is -2.11. The SMILES string of the molecule is COc1ccc(S(=O)(=O)NCCC(O)c2cccs2)cc1F. The largest absolute Gasteiger partial charge is 0.494 e. The second-order valence-corrected chi connectivity index (χ2v) is 7.26. The van der Waals surface area contributed by atoms with Crippen molar-refractivity contribution in [3.63, 3.8) is 0 Å². The molecule has 8 heteroatoms. The minimum Gasteiger partial charge on any atom is -0.494 e. The first-order valence-corrected chi connectivity index (χ1v) is 8.85. The topological polar surface area (TPSA) is 75.6 Å². The van der Waals surface area contributed by atoms with Gasteiger partial charge in [0.25, 0.3) is 0 Å². The van der Waals surface area contributed by atoms with Crippen molar-refractivity contribution in [1.82, 2.24) is 4.72 Å². The molecule has 0 fully saturated rings. The minimum atomic E-state index is -3.83. The third kappa shape index (κ3) is 4.04. The van der Waals surface area contributed by atoms with Crippen molar-refractivity contribution in [1.29, 1.82) is 0 Å². The molecule has 2 N–H and O–H groups in total. The Labute approximate surface area is 132 Å². The average Bonchev–Trinajstić information content (AvgIpc) is 3.01. The van der Waals surface area contributed by atoms with E-state index in [2.05, 4.69) is 4.72 Å². The maximum Gasteiger partial charge on any atom is 0.240 e. The summed E-state index contributed by atoms with van der Waals surface area (Å²) in [6.45, 7) is 0.0506. The van der Waals surface area contributed by atoms with Crippen LogP contribution < -0.4 is 9.46 Å². The van der Waals surface area contributed by atoms with Gasteiger partial charge in [-0.3, -0.25) is 0 Å². The number of thiophene rings is 1. The van der Waals surface area contributed by atoms with Crippen LogP contribution in [0.5, 0.6) is 5.75 Å². The van der Waals surface area contributed by atoms with Gasteiger partial charge in [0, 0.05) is 11.4 Å². The van der Waals surface area contributed by atoms with E-state index < -0.39 is 21.9 Å². The standard InChI is InChI=1S/C14H16FNO4S2/c1-20-13-5-4-10(9-11(13)15)22(18,19)16-7-6-12(17)14-3-2-8-21-14/h2-5,8-9,12,16-17H,6-7H2,1H3. The lowest BCUT2D eigenvalue weighted by molar-refractivity contribution is 0.173. The van der Waals surface area contributed by atoms with Crippen molar-refractivity contribution in [2.24, 2.45) is 0 Å². The molecule has 1 heterocycles. The smallest absolute Gasteiger partial charge is 0.240 e. The van der Waals surface area contributed by atoms with Crippen LogP contribution in [0.4, 0.5) is 4.39 Å². The number of nitrogens with one attached hydrogen (secondary N) is 1. The van der Waals surface area contributed by atoms with Crippen LogP contribution in [-0.2, 0) is 10.0 Å². The van der Waals surface area contributed by atoms with Crippen molar-refractivity contribution < 1.29 is 22.7 Å². The van der Waals surface area contributed by atoms with Crippen LogP contribution in [0.1, 0.15) is 17.4 Å². The summed E-state index contributed by atoms with van der Waals surface area (Å²) in [5, 5.41) is 11.7. The number of methoxy groups -OCH3 is 1. The minimum absolute atomic E-state index is 0.0212. The maximum atomic E-state index is 13.6. The summed E-state index contributed by atoms with van der Waals surface area (Å²) in [5.74, 6) is -0.768. The maximum absolute atomic E-state index is 13.6. The summed E-state index contributed by atoms with van der Waals surface area (Å²) in [6, 6.07) is 7.01. The number of aliphatic hydroxyl groups is 1. The van der Waals surface area contributed by atoms with Crippen LogP contribution in [0.15, 0.2) is 40.6 Å². The second-order valence-electron chi connectivity index (χ2n) is 4.51. The molecule has 0 spiro atoms. The molecule has 0 bridgehead atoms. The van der Waals surface area contributed by atoms with Crippen molar-refractivity contribution in [3.05, 3.63) is 46.4 Å². The van der Waals surface area contributed by atoms with Gasteiger partial charge in [0.15, 0.2) is 11.6 Å². The van der Waals surface area contributed by atoms with Crippen molar-refractivity contribution in [2.75, 3.05) is 13.7 Å². The molecule has 0 aliphatic carbocycles. The van der Waals surface area contributed by atoms with E-state index in [1.807, 2.05) is 11.4 Å². The fourth-order valence-electron chi connectivity index (χ4n) is 1.85. The van der Waals surface area contributed by atoms with Gasteiger partial charge in [-0.05, 0) is 36.1 Å². The van der Waals surface area contributed by atoms with Crippen LogP contribution >= 0.6 is 11.3 Å². The first-order valence-electron chi connectivity index (χ1n) is 6.48. The first kappa shape index (κ1) is 16.9. The number of benzene rings is 1. The number of ether oxygens (including phenoxy) is 1. The third-order valence-corrected chi connectivity index (χ3v) is 5.45. The van der Waals surface area contributed by atoms with E-state index >= 15 is 0 Å². The molecule has 5 nitrogen and oxygen atoms in total. The molecule has 120 valence electrons. The molecular weight excluding hydrogens is 329 g/mol. The zero-order valence-electron chi connectivity index (χ0n) is 11.8. The van der Waals surface area contributed by atoms with E-state index in [0.717, 1.165) is 10.9 Å². The summed E-state index contributed by atoms with van der Waals surface area (Å²) in [5.41, 5.74) is 0. The molecule has 1 aromatic carbocycles. The summed E-state index contributed by atoms with van der Waals surface area (Å²) < 4.78 is 44.8. The Balaban J connectivity index is 1.98. The van der Waals surface area contributed by atoms with E-state index in [1.54, 1.807) is 6.07 Å². The van der Waals surface area contributed by atoms with Crippen molar-refractivity contribution in [2.45, 2.75) is 17.4 Å². The van der Waals surface area contributed by atoms with E-state index in [1.165, 1.54) is 30.6 Å². The number of rotatable bonds is 7. The highest BCUT2D eigenvalue weighted by molar-refractivity contribution is 7.89. The van der Waals surface area contributed by atoms with Crippen LogP contribution in [0.25, 0.3) is 0 Å². The molecule has 0 amide bonds. The lowest BCUT2D eigenvalue weighted by Crippen LogP contribution is -2.26. The van der Waals surface area contributed by atoms with Gasteiger partial charge >= 0.3 is 0 Å². The molecule has 0 radical (unpaired) electrons. The molecule has 0 saturated carbocycles. The molecular formula is C14H16FNO4S2. The normalized spacial score (nSPS) is 13.0. The highest BCUT2D eigenvalue weighted by Gasteiger charge is 2.17. The highest BCUT2D eigenvalue weighted by atomic mass is 32.2. The van der Waals surface area contributed by atoms with Crippen LogP contribution in [0.3, 0.4) is 0 Å². The average molecular weight is 345 g/mol. The molecule has 1 aromatic heterocycles. The Kier molecular flexibility index (Phi) is 5.52. The predicted octanol–water partition coefficient (Wildman–Crippen LogP) is 2.30. The Morgan fingerprint density at radius 2 is 2.18 bits per heavy atom. The Hall–Kier alpha value is -1.48. The number of sulfonamides is 1. The van der Waals surface area contributed by atoms with Gasteiger partial charge in [0.05, 0.1) is 18.1 Å². The molecule has 0 aliphatic heterocycles. The fraction of sp³-hybridized carbons (Fsp3) is 0.286. The van der Waals surface area contributed by atoms with Crippen LogP contribution in [0.2, 0.25) is 0 Å². The predicted molar refractivity (Wildman–Crippen MR) is 82.0 cm³/mol. The van der Waals surface area contributed by atoms with Crippen molar-refractivity contribution >= 4 is 21.4 Å². The summed E-state index contributed by atoms with van der Waals surface area (Å²) in [6.07, 6.45) is -0.492. The number of hydrogen-bond acceptors (Lipinski definition) is 5. The van der Waals surface area contributed by atoms with Gasteiger partial charge < -0.3 is 9.84 Å². The molecule has 1 unspecified atom stereocenters. The van der Waals surface area contributed by atoms with E-state index in [0.29, 0.717) is 0 Å². The molecule has 0 saturated heterocycles. The third-order valence-electron chi connectivity index (χ3n) is 3.02. The van der Waals surface area contributed by atoms with Gasteiger partial charge in [-0.15, -0.1) is 11.3 Å². The van der Waals surface area contributed by atoms with Gasteiger partial charge in [0.2, 0.25) is 10.0 Å².